The molecule has 0 spiro atoms. The lowest BCUT2D eigenvalue weighted by Gasteiger charge is -2.32. The summed E-state index contributed by atoms with van der Waals surface area (Å²) in [6.07, 6.45) is 4.91. The summed E-state index contributed by atoms with van der Waals surface area (Å²) in [4.78, 5) is 20.4. The van der Waals surface area contributed by atoms with E-state index in [0.29, 0.717) is 12.2 Å². The molecule has 0 aliphatic carbocycles. The molecular weight excluding hydrogens is 402 g/mol. The fourth-order valence-corrected chi connectivity index (χ4v) is 4.80. The number of rotatable bonds is 5. The van der Waals surface area contributed by atoms with Gasteiger partial charge in [0, 0.05) is 54.6 Å². The van der Waals surface area contributed by atoms with Crippen molar-refractivity contribution < 1.29 is 9.53 Å². The highest BCUT2D eigenvalue weighted by atomic mass is 16.5. The molecule has 1 fully saturated rings. The smallest absolute Gasteiger partial charge is 0.270 e. The molecule has 5 rings (SSSR count). The Morgan fingerprint density at radius 1 is 1.19 bits per heavy atom. The number of nitrogens with zero attached hydrogens (tertiary/aromatic N) is 5. The fourth-order valence-electron chi connectivity index (χ4n) is 4.80. The van der Waals surface area contributed by atoms with Crippen molar-refractivity contribution in [3.63, 3.8) is 0 Å². The molecule has 32 heavy (non-hydrogen) atoms. The van der Waals surface area contributed by atoms with Crippen LogP contribution in [0.5, 0.6) is 5.75 Å². The molecule has 0 radical (unpaired) electrons. The zero-order valence-corrected chi connectivity index (χ0v) is 18.9. The van der Waals surface area contributed by atoms with Crippen LogP contribution in [-0.2, 0) is 13.6 Å². The number of methoxy groups -OCH3 is 1. The quantitative estimate of drug-likeness (QED) is 0.471. The van der Waals surface area contributed by atoms with E-state index < -0.39 is 0 Å². The van der Waals surface area contributed by atoms with Gasteiger partial charge >= 0.3 is 0 Å². The SMILES string of the molecule is CCCn1ncc2ccc([C@H]3CCCN(C(=O)c4cc5cc(OC)ccc5n4C)C3)nc21. The molecule has 0 saturated carbocycles. The number of likely N-dealkylation sites (tertiary alicyclic amines) is 1. The van der Waals surface area contributed by atoms with Crippen LogP contribution in [0.4, 0.5) is 0 Å². The van der Waals surface area contributed by atoms with Gasteiger partial charge in [0.15, 0.2) is 5.65 Å². The summed E-state index contributed by atoms with van der Waals surface area (Å²) in [7, 11) is 3.61. The van der Waals surface area contributed by atoms with Crippen LogP contribution in [0.15, 0.2) is 42.6 Å². The summed E-state index contributed by atoms with van der Waals surface area (Å²) in [5, 5.41) is 6.56. The first-order valence-corrected chi connectivity index (χ1v) is 11.3. The molecule has 1 saturated heterocycles. The standard InChI is InChI=1S/C25H29N5O2/c1-4-11-30-24-17(15-26-30)7-9-21(27-24)18-6-5-12-29(16-18)25(31)23-14-19-13-20(32-3)8-10-22(19)28(23)2/h7-10,13-15,18H,4-6,11-12,16H2,1-3H3/t18-/m0/s1. The maximum absolute atomic E-state index is 13.5. The van der Waals surface area contributed by atoms with Gasteiger partial charge < -0.3 is 14.2 Å². The van der Waals surface area contributed by atoms with E-state index in [1.165, 1.54) is 0 Å². The molecular formula is C25H29N5O2. The number of amides is 1. The number of benzene rings is 1. The minimum absolute atomic E-state index is 0.0736. The van der Waals surface area contributed by atoms with E-state index in [1.807, 2.05) is 51.7 Å². The van der Waals surface area contributed by atoms with E-state index in [1.54, 1.807) is 7.11 Å². The van der Waals surface area contributed by atoms with Crippen molar-refractivity contribution in [1.29, 1.82) is 0 Å². The monoisotopic (exact) mass is 431 g/mol. The second-order valence-electron chi connectivity index (χ2n) is 8.62. The van der Waals surface area contributed by atoms with Crippen LogP contribution < -0.4 is 4.74 Å². The third kappa shape index (κ3) is 3.51. The Kier molecular flexibility index (Phi) is 5.33. The van der Waals surface area contributed by atoms with Gasteiger partial charge in [-0.15, -0.1) is 0 Å². The van der Waals surface area contributed by atoms with Crippen molar-refractivity contribution in [3.8, 4) is 5.75 Å². The van der Waals surface area contributed by atoms with Gasteiger partial charge in [-0.25, -0.2) is 9.67 Å². The Balaban J connectivity index is 1.41. The molecule has 4 aromatic rings. The lowest BCUT2D eigenvalue weighted by atomic mass is 9.94. The van der Waals surface area contributed by atoms with Crippen molar-refractivity contribution in [1.82, 2.24) is 24.2 Å². The van der Waals surface area contributed by atoms with E-state index in [9.17, 15) is 4.79 Å². The molecule has 0 N–H and O–H groups in total. The number of hydrogen-bond donors (Lipinski definition) is 0. The number of carbonyl (C=O) groups is 1. The first kappa shape index (κ1) is 20.5. The Morgan fingerprint density at radius 3 is 2.88 bits per heavy atom. The van der Waals surface area contributed by atoms with Gasteiger partial charge in [-0.1, -0.05) is 6.92 Å². The largest absolute Gasteiger partial charge is 0.497 e. The fraction of sp³-hybridized carbons (Fsp3) is 0.400. The van der Waals surface area contributed by atoms with E-state index in [0.717, 1.165) is 65.7 Å². The third-order valence-electron chi connectivity index (χ3n) is 6.54. The Morgan fingerprint density at radius 2 is 2.06 bits per heavy atom. The number of hydrogen-bond acceptors (Lipinski definition) is 4. The van der Waals surface area contributed by atoms with E-state index >= 15 is 0 Å². The third-order valence-corrected chi connectivity index (χ3v) is 6.54. The van der Waals surface area contributed by atoms with E-state index in [4.69, 9.17) is 9.72 Å². The first-order valence-electron chi connectivity index (χ1n) is 11.3. The normalized spacial score (nSPS) is 16.7. The summed E-state index contributed by atoms with van der Waals surface area (Å²) in [5.41, 5.74) is 3.72. The maximum atomic E-state index is 13.5. The highest BCUT2D eigenvalue weighted by molar-refractivity contribution is 5.99. The van der Waals surface area contributed by atoms with Gasteiger partial charge in [-0.05, 0) is 55.7 Å². The van der Waals surface area contributed by atoms with Crippen molar-refractivity contribution >= 4 is 27.8 Å². The highest BCUT2D eigenvalue weighted by Crippen LogP contribution is 2.30. The van der Waals surface area contributed by atoms with Crippen LogP contribution in [0.25, 0.3) is 21.9 Å². The van der Waals surface area contributed by atoms with Gasteiger partial charge in [-0.2, -0.15) is 5.10 Å². The van der Waals surface area contributed by atoms with Gasteiger partial charge in [0.25, 0.3) is 5.91 Å². The number of carbonyl (C=O) groups excluding carboxylic acids is 1. The average molecular weight is 432 g/mol. The Hall–Kier alpha value is -3.35. The number of pyridine rings is 1. The minimum Gasteiger partial charge on any atom is -0.497 e. The summed E-state index contributed by atoms with van der Waals surface area (Å²) in [6, 6.07) is 12.1. The molecule has 1 amide bonds. The van der Waals surface area contributed by atoms with Gasteiger partial charge in [0.05, 0.1) is 13.3 Å². The lowest BCUT2D eigenvalue weighted by Crippen LogP contribution is -2.40. The van der Waals surface area contributed by atoms with Gasteiger partial charge in [0.2, 0.25) is 0 Å². The molecule has 1 aromatic carbocycles. The molecule has 1 aliphatic heterocycles. The molecule has 3 aromatic heterocycles. The number of aryl methyl sites for hydroxylation is 2. The second-order valence-corrected chi connectivity index (χ2v) is 8.62. The first-order chi connectivity index (χ1) is 15.6. The Labute approximate surface area is 187 Å². The molecule has 4 heterocycles. The molecule has 0 bridgehead atoms. The predicted molar refractivity (Wildman–Crippen MR) is 125 cm³/mol. The van der Waals surface area contributed by atoms with Crippen LogP contribution in [0.2, 0.25) is 0 Å². The maximum Gasteiger partial charge on any atom is 0.270 e. The summed E-state index contributed by atoms with van der Waals surface area (Å²) in [5.74, 6) is 1.10. The van der Waals surface area contributed by atoms with Crippen molar-refractivity contribution in [2.45, 2.75) is 38.6 Å². The summed E-state index contributed by atoms with van der Waals surface area (Å²) >= 11 is 0. The lowest BCUT2D eigenvalue weighted by molar-refractivity contribution is 0.0697. The van der Waals surface area contributed by atoms with Crippen LogP contribution in [0.1, 0.15) is 48.3 Å². The predicted octanol–water partition coefficient (Wildman–Crippen LogP) is 4.36. The second kappa shape index (κ2) is 8.30. The van der Waals surface area contributed by atoms with Crippen molar-refractivity contribution in [2.24, 2.45) is 7.05 Å². The highest BCUT2D eigenvalue weighted by Gasteiger charge is 2.28. The van der Waals surface area contributed by atoms with Crippen LogP contribution in [0, 0.1) is 0 Å². The number of aromatic nitrogens is 4. The zero-order chi connectivity index (χ0) is 22.2. The molecule has 1 aliphatic rings. The average Bonchev–Trinajstić information content (AvgIpc) is 3.39. The molecule has 0 unspecified atom stereocenters. The van der Waals surface area contributed by atoms with Crippen molar-refractivity contribution in [2.75, 3.05) is 20.2 Å². The summed E-state index contributed by atoms with van der Waals surface area (Å²) in [6.45, 7) is 4.46. The zero-order valence-electron chi connectivity index (χ0n) is 18.9. The molecule has 7 heteroatoms. The number of fused-ring (bicyclic) bond motifs is 2. The van der Waals surface area contributed by atoms with Crippen LogP contribution >= 0.6 is 0 Å². The topological polar surface area (TPSA) is 65.2 Å². The van der Waals surface area contributed by atoms with Crippen LogP contribution in [0.3, 0.4) is 0 Å². The van der Waals surface area contributed by atoms with E-state index in [-0.39, 0.29) is 11.8 Å². The van der Waals surface area contributed by atoms with Crippen LogP contribution in [-0.4, -0.2) is 50.3 Å². The Bertz CT molecular complexity index is 1290. The van der Waals surface area contributed by atoms with Crippen molar-refractivity contribution in [3.05, 3.63) is 54.0 Å². The van der Waals surface area contributed by atoms with Gasteiger partial charge in [0.1, 0.15) is 11.4 Å². The van der Waals surface area contributed by atoms with Gasteiger partial charge in [-0.3, -0.25) is 4.79 Å². The number of ether oxygens (including phenoxy) is 1. The molecule has 1 atom stereocenters. The summed E-state index contributed by atoms with van der Waals surface area (Å²) < 4.78 is 9.30. The van der Waals surface area contributed by atoms with E-state index in [2.05, 4.69) is 24.2 Å². The molecule has 7 nitrogen and oxygen atoms in total. The molecule has 166 valence electrons. The number of piperidine rings is 1. The minimum atomic E-state index is 0.0736.